The Labute approximate surface area is 137 Å². The van der Waals surface area contributed by atoms with Gasteiger partial charge >= 0.3 is 0 Å². The highest BCUT2D eigenvalue weighted by atomic mass is 19.1. The van der Waals surface area contributed by atoms with Crippen LogP contribution in [0.2, 0.25) is 0 Å². The van der Waals surface area contributed by atoms with Crippen LogP contribution in [0.1, 0.15) is 12.5 Å². The van der Waals surface area contributed by atoms with Gasteiger partial charge in [0.15, 0.2) is 5.82 Å². The van der Waals surface area contributed by atoms with E-state index in [0.717, 1.165) is 29.8 Å². The Morgan fingerprint density at radius 3 is 2.62 bits per heavy atom. The number of para-hydroxylation sites is 1. The lowest BCUT2D eigenvalue weighted by atomic mass is 10.1. The van der Waals surface area contributed by atoms with Crippen molar-refractivity contribution in [2.45, 2.75) is 13.3 Å². The minimum absolute atomic E-state index is 0.108. The van der Waals surface area contributed by atoms with E-state index >= 15 is 0 Å². The molecule has 0 fully saturated rings. The predicted molar refractivity (Wildman–Crippen MR) is 88.6 cm³/mol. The standard InChI is InChI=1S/C17H15F2N5/c1-2-11-5-3-4-6-14(11)22-17-23-16(10-20-24-17)21-15-8-7-12(18)9-13(15)19/h3-10H,2H2,1H3,(H2,21,22,23,24). The molecule has 2 aromatic carbocycles. The molecular weight excluding hydrogens is 312 g/mol. The van der Waals surface area contributed by atoms with Crippen LogP contribution in [0.15, 0.2) is 48.7 Å². The van der Waals surface area contributed by atoms with Crippen LogP contribution in [0, 0.1) is 11.6 Å². The average molecular weight is 327 g/mol. The molecule has 0 bridgehead atoms. The predicted octanol–water partition coefficient (Wildman–Crippen LogP) is 4.20. The van der Waals surface area contributed by atoms with Gasteiger partial charge in [0.1, 0.15) is 11.6 Å². The number of nitrogens with zero attached hydrogens (tertiary/aromatic N) is 3. The van der Waals surface area contributed by atoms with E-state index in [-0.39, 0.29) is 11.6 Å². The zero-order chi connectivity index (χ0) is 16.9. The third kappa shape index (κ3) is 3.62. The lowest BCUT2D eigenvalue weighted by Gasteiger charge is -2.10. The molecule has 7 heteroatoms. The van der Waals surface area contributed by atoms with Gasteiger partial charge in [0.25, 0.3) is 0 Å². The van der Waals surface area contributed by atoms with E-state index in [4.69, 9.17) is 0 Å². The normalized spacial score (nSPS) is 10.5. The number of rotatable bonds is 5. The summed E-state index contributed by atoms with van der Waals surface area (Å²) in [4.78, 5) is 4.25. The van der Waals surface area contributed by atoms with Gasteiger partial charge in [0.2, 0.25) is 5.95 Å². The molecule has 0 atom stereocenters. The molecule has 0 amide bonds. The van der Waals surface area contributed by atoms with Crippen molar-refractivity contribution in [2.75, 3.05) is 10.6 Å². The molecule has 3 rings (SSSR count). The third-order valence-corrected chi connectivity index (χ3v) is 3.40. The van der Waals surface area contributed by atoms with Crippen molar-refractivity contribution in [3.8, 4) is 0 Å². The highest BCUT2D eigenvalue weighted by molar-refractivity contribution is 5.61. The van der Waals surface area contributed by atoms with Crippen molar-refractivity contribution < 1.29 is 8.78 Å². The number of aromatic nitrogens is 3. The van der Waals surface area contributed by atoms with Gasteiger partial charge in [-0.1, -0.05) is 25.1 Å². The van der Waals surface area contributed by atoms with Crippen LogP contribution in [-0.2, 0) is 6.42 Å². The summed E-state index contributed by atoms with van der Waals surface area (Å²) in [7, 11) is 0. The SMILES string of the molecule is CCc1ccccc1Nc1nncc(Nc2ccc(F)cc2F)n1. The molecule has 0 radical (unpaired) electrons. The fourth-order valence-electron chi connectivity index (χ4n) is 2.22. The van der Waals surface area contributed by atoms with Gasteiger partial charge in [-0.2, -0.15) is 10.1 Å². The van der Waals surface area contributed by atoms with E-state index in [1.165, 1.54) is 12.3 Å². The number of benzene rings is 2. The molecule has 0 saturated heterocycles. The second-order valence-corrected chi connectivity index (χ2v) is 5.05. The molecule has 0 unspecified atom stereocenters. The fourth-order valence-corrected chi connectivity index (χ4v) is 2.22. The maximum Gasteiger partial charge on any atom is 0.249 e. The van der Waals surface area contributed by atoms with Crippen LogP contribution >= 0.6 is 0 Å². The molecular formula is C17H15F2N5. The first-order valence-electron chi connectivity index (χ1n) is 7.42. The molecule has 1 aromatic heterocycles. The van der Waals surface area contributed by atoms with E-state index in [0.29, 0.717) is 5.82 Å². The lowest BCUT2D eigenvalue weighted by molar-refractivity contribution is 0.586. The topological polar surface area (TPSA) is 62.7 Å². The Morgan fingerprint density at radius 1 is 1.00 bits per heavy atom. The fraction of sp³-hybridized carbons (Fsp3) is 0.118. The summed E-state index contributed by atoms with van der Waals surface area (Å²) in [5.74, 6) is -0.771. The molecule has 0 saturated carbocycles. The lowest BCUT2D eigenvalue weighted by Crippen LogP contribution is -2.04. The first kappa shape index (κ1) is 15.8. The number of hydrogen-bond donors (Lipinski definition) is 2. The van der Waals surface area contributed by atoms with E-state index in [9.17, 15) is 8.78 Å². The largest absolute Gasteiger partial charge is 0.336 e. The maximum absolute atomic E-state index is 13.7. The molecule has 0 aliphatic carbocycles. The molecule has 1 heterocycles. The number of anilines is 4. The molecule has 2 N–H and O–H groups in total. The van der Waals surface area contributed by atoms with Crippen LogP contribution in [-0.4, -0.2) is 15.2 Å². The van der Waals surface area contributed by atoms with Crippen molar-refractivity contribution in [1.82, 2.24) is 15.2 Å². The van der Waals surface area contributed by atoms with Gasteiger partial charge in [-0.25, -0.2) is 8.78 Å². The Kier molecular flexibility index (Phi) is 4.60. The minimum Gasteiger partial charge on any atom is -0.336 e. The minimum atomic E-state index is -0.709. The summed E-state index contributed by atoms with van der Waals surface area (Å²) < 4.78 is 26.6. The van der Waals surface area contributed by atoms with Gasteiger partial charge in [-0.15, -0.1) is 5.10 Å². The average Bonchev–Trinajstić information content (AvgIpc) is 2.58. The van der Waals surface area contributed by atoms with Gasteiger partial charge in [0.05, 0.1) is 11.9 Å². The van der Waals surface area contributed by atoms with Gasteiger partial charge in [0, 0.05) is 11.8 Å². The zero-order valence-electron chi connectivity index (χ0n) is 12.9. The molecule has 0 aliphatic heterocycles. The van der Waals surface area contributed by atoms with Gasteiger partial charge < -0.3 is 10.6 Å². The van der Waals surface area contributed by atoms with Gasteiger partial charge in [-0.05, 0) is 30.2 Å². The van der Waals surface area contributed by atoms with Crippen molar-refractivity contribution in [3.05, 3.63) is 65.9 Å². The summed E-state index contributed by atoms with van der Waals surface area (Å²) in [6, 6.07) is 11.0. The summed E-state index contributed by atoms with van der Waals surface area (Å²) in [5, 5.41) is 13.6. The third-order valence-electron chi connectivity index (χ3n) is 3.40. The molecule has 3 aromatic rings. The summed E-state index contributed by atoms with van der Waals surface area (Å²) in [5.41, 5.74) is 2.10. The van der Waals surface area contributed by atoms with Crippen LogP contribution in [0.5, 0.6) is 0 Å². The summed E-state index contributed by atoms with van der Waals surface area (Å²) >= 11 is 0. The molecule has 0 spiro atoms. The van der Waals surface area contributed by atoms with E-state index in [1.807, 2.05) is 24.3 Å². The summed E-state index contributed by atoms with van der Waals surface area (Å²) in [6.07, 6.45) is 2.22. The first-order chi connectivity index (χ1) is 11.7. The molecule has 0 aliphatic rings. The van der Waals surface area contributed by atoms with Crippen LogP contribution in [0.4, 0.5) is 31.9 Å². The van der Waals surface area contributed by atoms with Crippen LogP contribution in [0.3, 0.4) is 0 Å². The highest BCUT2D eigenvalue weighted by Gasteiger charge is 2.07. The first-order valence-corrected chi connectivity index (χ1v) is 7.42. The zero-order valence-corrected chi connectivity index (χ0v) is 12.9. The van der Waals surface area contributed by atoms with E-state index in [2.05, 4.69) is 32.7 Å². The Hall–Kier alpha value is -3.09. The Bertz CT molecular complexity index is 854. The monoisotopic (exact) mass is 327 g/mol. The second-order valence-electron chi connectivity index (χ2n) is 5.05. The van der Waals surface area contributed by atoms with Crippen molar-refractivity contribution in [3.63, 3.8) is 0 Å². The second kappa shape index (κ2) is 6.99. The van der Waals surface area contributed by atoms with Crippen LogP contribution < -0.4 is 10.6 Å². The molecule has 24 heavy (non-hydrogen) atoms. The number of nitrogens with one attached hydrogen (secondary N) is 2. The number of halogens is 2. The smallest absolute Gasteiger partial charge is 0.249 e. The van der Waals surface area contributed by atoms with E-state index in [1.54, 1.807) is 0 Å². The van der Waals surface area contributed by atoms with E-state index < -0.39 is 11.6 Å². The van der Waals surface area contributed by atoms with Gasteiger partial charge in [-0.3, -0.25) is 0 Å². The molecule has 5 nitrogen and oxygen atoms in total. The Morgan fingerprint density at radius 2 is 1.83 bits per heavy atom. The van der Waals surface area contributed by atoms with Crippen molar-refractivity contribution >= 4 is 23.1 Å². The number of aryl methyl sites for hydroxylation is 1. The van der Waals surface area contributed by atoms with Crippen LogP contribution in [0.25, 0.3) is 0 Å². The van der Waals surface area contributed by atoms with Crippen molar-refractivity contribution in [2.24, 2.45) is 0 Å². The molecule has 122 valence electrons. The highest BCUT2D eigenvalue weighted by Crippen LogP contribution is 2.21. The quantitative estimate of drug-likeness (QED) is 0.735. The maximum atomic E-state index is 13.7. The Balaban J connectivity index is 1.81. The summed E-state index contributed by atoms with van der Waals surface area (Å²) in [6.45, 7) is 2.05. The van der Waals surface area contributed by atoms with Crippen molar-refractivity contribution in [1.29, 1.82) is 0 Å². The number of hydrogen-bond acceptors (Lipinski definition) is 5.